The Labute approximate surface area is 113 Å². The molecule has 0 aliphatic carbocycles. The zero-order chi connectivity index (χ0) is 13.8. The second-order valence-corrected chi connectivity index (χ2v) is 4.86. The fourth-order valence-corrected chi connectivity index (χ4v) is 2.08. The van der Waals surface area contributed by atoms with Gasteiger partial charge in [-0.25, -0.2) is 14.8 Å². The quantitative estimate of drug-likeness (QED) is 0.887. The average Bonchev–Trinajstić information content (AvgIpc) is 2.74. The summed E-state index contributed by atoms with van der Waals surface area (Å²) >= 11 is 1.47. The van der Waals surface area contributed by atoms with E-state index in [2.05, 4.69) is 15.3 Å². The summed E-state index contributed by atoms with van der Waals surface area (Å²) in [7, 11) is 0. The van der Waals surface area contributed by atoms with Crippen LogP contribution in [0.4, 0.5) is 5.82 Å². The minimum Gasteiger partial charge on any atom is -0.477 e. The van der Waals surface area contributed by atoms with E-state index in [0.717, 1.165) is 5.01 Å². The highest BCUT2D eigenvalue weighted by Gasteiger charge is 2.09. The normalized spacial score (nSPS) is 10.2. The van der Waals surface area contributed by atoms with Gasteiger partial charge in [0.05, 0.1) is 17.1 Å². The molecule has 0 aliphatic rings. The zero-order valence-electron chi connectivity index (χ0n) is 10.1. The van der Waals surface area contributed by atoms with Gasteiger partial charge >= 0.3 is 5.97 Å². The van der Waals surface area contributed by atoms with Crippen LogP contribution in [-0.4, -0.2) is 27.0 Å². The van der Waals surface area contributed by atoms with Gasteiger partial charge in [-0.1, -0.05) is 6.07 Å². The van der Waals surface area contributed by atoms with Gasteiger partial charge in [-0.15, -0.1) is 11.3 Å². The molecule has 0 saturated carbocycles. The zero-order valence-corrected chi connectivity index (χ0v) is 10.9. The summed E-state index contributed by atoms with van der Waals surface area (Å²) in [6.07, 6.45) is 0.142. The molecule has 0 bridgehead atoms. The third-order valence-corrected chi connectivity index (χ3v) is 3.07. The maximum Gasteiger partial charge on any atom is 0.354 e. The summed E-state index contributed by atoms with van der Waals surface area (Å²) in [5, 5.41) is 14.1. The van der Waals surface area contributed by atoms with Gasteiger partial charge in [-0.2, -0.15) is 0 Å². The second kappa shape index (κ2) is 5.57. The lowest BCUT2D eigenvalue weighted by Gasteiger charge is -2.03. The molecule has 6 nitrogen and oxygen atoms in total. The Morgan fingerprint density at radius 3 is 2.79 bits per heavy atom. The predicted octanol–water partition coefficient (Wildman–Crippen LogP) is 1.73. The first-order valence-corrected chi connectivity index (χ1v) is 6.34. The highest BCUT2D eigenvalue weighted by atomic mass is 32.1. The van der Waals surface area contributed by atoms with Crippen molar-refractivity contribution in [2.24, 2.45) is 0 Å². The average molecular weight is 277 g/mol. The van der Waals surface area contributed by atoms with E-state index in [-0.39, 0.29) is 23.8 Å². The number of nitrogens with zero attached hydrogens (tertiary/aromatic N) is 2. The molecule has 98 valence electrons. The molecule has 2 N–H and O–H groups in total. The van der Waals surface area contributed by atoms with Crippen LogP contribution in [0.25, 0.3) is 0 Å². The van der Waals surface area contributed by atoms with E-state index >= 15 is 0 Å². The molecule has 7 heteroatoms. The van der Waals surface area contributed by atoms with Gasteiger partial charge in [0.15, 0.2) is 5.69 Å². The number of carboxylic acids is 1. The lowest BCUT2D eigenvalue weighted by Crippen LogP contribution is -2.16. The molecule has 0 radical (unpaired) electrons. The van der Waals surface area contributed by atoms with E-state index < -0.39 is 5.97 Å². The summed E-state index contributed by atoms with van der Waals surface area (Å²) in [4.78, 5) is 30.5. The molecule has 2 heterocycles. The molecule has 0 unspecified atom stereocenters. The molecule has 2 aromatic rings. The molecule has 1 amide bonds. The molecular formula is C12H11N3O3S. The van der Waals surface area contributed by atoms with E-state index in [4.69, 9.17) is 5.11 Å². The topological polar surface area (TPSA) is 92.2 Å². The molecule has 0 atom stereocenters. The summed E-state index contributed by atoms with van der Waals surface area (Å²) in [6, 6.07) is 4.43. The lowest BCUT2D eigenvalue weighted by atomic mass is 10.3. The van der Waals surface area contributed by atoms with Crippen LogP contribution in [0.2, 0.25) is 0 Å². The molecule has 0 fully saturated rings. The highest BCUT2D eigenvalue weighted by Crippen LogP contribution is 2.10. The second-order valence-electron chi connectivity index (χ2n) is 3.80. The molecule has 2 rings (SSSR count). The number of aromatic carboxylic acids is 1. The number of nitrogens with one attached hydrogen (secondary N) is 1. The van der Waals surface area contributed by atoms with Crippen LogP contribution in [0.1, 0.15) is 21.2 Å². The Hall–Kier alpha value is -2.28. The van der Waals surface area contributed by atoms with Crippen LogP contribution in [0.15, 0.2) is 23.6 Å². The summed E-state index contributed by atoms with van der Waals surface area (Å²) in [6.45, 7) is 1.87. The van der Waals surface area contributed by atoms with Crippen LogP contribution < -0.4 is 5.32 Å². The predicted molar refractivity (Wildman–Crippen MR) is 70.4 cm³/mol. The van der Waals surface area contributed by atoms with Crippen molar-refractivity contribution in [1.29, 1.82) is 0 Å². The van der Waals surface area contributed by atoms with Gasteiger partial charge in [0, 0.05) is 5.38 Å². The van der Waals surface area contributed by atoms with Crippen molar-refractivity contribution in [1.82, 2.24) is 9.97 Å². The Bertz CT molecular complexity index is 624. The van der Waals surface area contributed by atoms with Crippen LogP contribution in [0.5, 0.6) is 0 Å². The number of aryl methyl sites for hydroxylation is 1. The molecule has 0 aliphatic heterocycles. The Morgan fingerprint density at radius 1 is 1.37 bits per heavy atom. The largest absolute Gasteiger partial charge is 0.477 e. The Balaban J connectivity index is 2.02. The molecule has 0 aromatic carbocycles. The summed E-state index contributed by atoms with van der Waals surface area (Å²) in [5.41, 5.74) is 0.580. The van der Waals surface area contributed by atoms with Crippen LogP contribution in [0, 0.1) is 6.92 Å². The van der Waals surface area contributed by atoms with Crippen molar-refractivity contribution in [2.45, 2.75) is 13.3 Å². The van der Waals surface area contributed by atoms with Gasteiger partial charge in [0.25, 0.3) is 0 Å². The number of hydrogen-bond donors (Lipinski definition) is 2. The molecule has 0 spiro atoms. The summed E-state index contributed by atoms with van der Waals surface area (Å²) < 4.78 is 0. The number of aromatic nitrogens is 2. The standard InChI is InChI=1S/C12H11N3O3S/c1-7-13-8(6-19-7)5-11(16)15-10-4-2-3-9(14-10)12(17)18/h2-4,6H,5H2,1H3,(H,17,18)(H,14,15,16). The van der Waals surface area contributed by atoms with Crippen LogP contribution in [-0.2, 0) is 11.2 Å². The smallest absolute Gasteiger partial charge is 0.354 e. The fourth-order valence-electron chi connectivity index (χ4n) is 1.46. The Kier molecular flexibility index (Phi) is 3.86. The third kappa shape index (κ3) is 3.59. The van der Waals surface area contributed by atoms with Crippen molar-refractivity contribution in [2.75, 3.05) is 5.32 Å². The van der Waals surface area contributed by atoms with Crippen LogP contribution in [0.3, 0.4) is 0 Å². The van der Waals surface area contributed by atoms with Gasteiger partial charge in [0.1, 0.15) is 5.82 Å². The van der Waals surface area contributed by atoms with Crippen molar-refractivity contribution < 1.29 is 14.7 Å². The minimum absolute atomic E-state index is 0.109. The number of amides is 1. The fraction of sp³-hybridized carbons (Fsp3) is 0.167. The third-order valence-electron chi connectivity index (χ3n) is 2.24. The first-order valence-electron chi connectivity index (χ1n) is 5.46. The van der Waals surface area contributed by atoms with E-state index in [1.54, 1.807) is 0 Å². The maximum absolute atomic E-state index is 11.7. The first kappa shape index (κ1) is 13.2. The van der Waals surface area contributed by atoms with Gasteiger partial charge < -0.3 is 10.4 Å². The van der Waals surface area contributed by atoms with E-state index in [0.29, 0.717) is 5.69 Å². The highest BCUT2D eigenvalue weighted by molar-refractivity contribution is 7.09. The number of pyridine rings is 1. The molecule has 2 aromatic heterocycles. The van der Waals surface area contributed by atoms with Gasteiger partial charge in [-0.05, 0) is 19.1 Å². The number of rotatable bonds is 4. The number of carbonyl (C=O) groups is 2. The Morgan fingerprint density at radius 2 is 2.16 bits per heavy atom. The van der Waals surface area contributed by atoms with Crippen molar-refractivity contribution in [3.05, 3.63) is 40.0 Å². The van der Waals surface area contributed by atoms with E-state index in [1.807, 2.05) is 12.3 Å². The maximum atomic E-state index is 11.7. The van der Waals surface area contributed by atoms with Crippen molar-refractivity contribution in [3.63, 3.8) is 0 Å². The summed E-state index contributed by atoms with van der Waals surface area (Å²) in [5.74, 6) is -1.19. The number of thiazole rings is 1. The van der Waals surface area contributed by atoms with Crippen LogP contribution >= 0.6 is 11.3 Å². The monoisotopic (exact) mass is 277 g/mol. The number of carbonyl (C=O) groups excluding carboxylic acids is 1. The van der Waals surface area contributed by atoms with Crippen molar-refractivity contribution >= 4 is 29.0 Å². The number of carboxylic acid groups (broad SMARTS) is 1. The van der Waals surface area contributed by atoms with Gasteiger partial charge in [0.2, 0.25) is 5.91 Å². The van der Waals surface area contributed by atoms with Crippen molar-refractivity contribution in [3.8, 4) is 0 Å². The lowest BCUT2D eigenvalue weighted by molar-refractivity contribution is -0.115. The number of hydrogen-bond acceptors (Lipinski definition) is 5. The van der Waals surface area contributed by atoms with E-state index in [1.165, 1.54) is 29.5 Å². The van der Waals surface area contributed by atoms with Gasteiger partial charge in [-0.3, -0.25) is 4.79 Å². The molecule has 19 heavy (non-hydrogen) atoms. The van der Waals surface area contributed by atoms with E-state index in [9.17, 15) is 9.59 Å². The molecule has 0 saturated heterocycles. The molecular weight excluding hydrogens is 266 g/mol. The SMILES string of the molecule is Cc1nc(CC(=O)Nc2cccc(C(=O)O)n2)cs1. The minimum atomic E-state index is -1.13. The number of anilines is 1. The first-order chi connectivity index (χ1) is 9.04.